The summed E-state index contributed by atoms with van der Waals surface area (Å²) in [4.78, 5) is 11.8. The van der Waals surface area contributed by atoms with Gasteiger partial charge >= 0.3 is 12.3 Å². The lowest BCUT2D eigenvalue weighted by Crippen LogP contribution is -2.64. The first-order valence-corrected chi connectivity index (χ1v) is 11.1. The predicted molar refractivity (Wildman–Crippen MR) is 118 cm³/mol. The zero-order chi connectivity index (χ0) is 23.9. The molecule has 8 heteroatoms. The maximum absolute atomic E-state index is 13.3. The molecule has 2 N–H and O–H groups in total. The van der Waals surface area contributed by atoms with Crippen molar-refractivity contribution >= 4 is 6.09 Å². The zero-order valence-electron chi connectivity index (χ0n) is 19.0. The van der Waals surface area contributed by atoms with Gasteiger partial charge in [0.15, 0.2) is 0 Å². The second kappa shape index (κ2) is 8.65. The number of aryl methyl sites for hydroxylation is 1. The van der Waals surface area contributed by atoms with Gasteiger partial charge in [0.1, 0.15) is 6.10 Å². The summed E-state index contributed by atoms with van der Waals surface area (Å²) in [6.45, 7) is 6.06. The molecule has 4 atom stereocenters. The minimum atomic E-state index is -4.41. The van der Waals surface area contributed by atoms with Gasteiger partial charge in [-0.15, -0.1) is 0 Å². The third-order valence-electron chi connectivity index (χ3n) is 6.96. The van der Waals surface area contributed by atoms with Crippen molar-refractivity contribution < 1.29 is 27.4 Å². The summed E-state index contributed by atoms with van der Waals surface area (Å²) in [5.41, 5.74) is 0.364. The van der Waals surface area contributed by atoms with E-state index in [4.69, 9.17) is 9.47 Å². The minimum absolute atomic E-state index is 0.265. The lowest BCUT2D eigenvalue weighted by molar-refractivity contribution is -0.137. The average Bonchev–Trinajstić information content (AvgIpc) is 3.05. The second-order valence-electron chi connectivity index (χ2n) is 9.21. The summed E-state index contributed by atoms with van der Waals surface area (Å²) >= 11 is 0. The Morgan fingerprint density at radius 1 is 1.18 bits per heavy atom. The fourth-order valence-electron chi connectivity index (χ4n) is 4.79. The van der Waals surface area contributed by atoms with E-state index in [-0.39, 0.29) is 12.7 Å². The van der Waals surface area contributed by atoms with Crippen molar-refractivity contribution in [1.29, 1.82) is 0 Å². The van der Waals surface area contributed by atoms with Gasteiger partial charge < -0.3 is 20.1 Å². The number of piperidine rings is 1. The van der Waals surface area contributed by atoms with E-state index in [0.717, 1.165) is 17.7 Å². The molecule has 2 aromatic carbocycles. The molecule has 2 aliphatic rings. The molecule has 5 nitrogen and oxygen atoms in total. The Bertz CT molecular complexity index is 1000. The topological polar surface area (TPSA) is 59.6 Å². The Morgan fingerprint density at radius 3 is 2.48 bits per heavy atom. The quantitative estimate of drug-likeness (QED) is 0.638. The van der Waals surface area contributed by atoms with Crippen LogP contribution in [0, 0.1) is 6.92 Å². The van der Waals surface area contributed by atoms with Crippen molar-refractivity contribution in [3.05, 3.63) is 70.8 Å². The summed E-state index contributed by atoms with van der Waals surface area (Å²) < 4.78 is 51.4. The van der Waals surface area contributed by atoms with Gasteiger partial charge in [-0.1, -0.05) is 42.0 Å². The summed E-state index contributed by atoms with van der Waals surface area (Å²) in [6, 6.07) is 13.9. The maximum Gasteiger partial charge on any atom is 0.416 e. The molecule has 0 saturated carbocycles. The fourth-order valence-corrected chi connectivity index (χ4v) is 4.79. The summed E-state index contributed by atoms with van der Waals surface area (Å²) in [5, 5.41) is 6.54. The Hall–Kier alpha value is -2.58. The molecule has 0 bridgehead atoms. The van der Waals surface area contributed by atoms with Crippen LogP contribution in [0.15, 0.2) is 48.5 Å². The number of alkyl halides is 3. The van der Waals surface area contributed by atoms with Crippen LogP contribution in [0.5, 0.6) is 0 Å². The molecule has 4 rings (SSSR count). The summed E-state index contributed by atoms with van der Waals surface area (Å²) in [7, 11) is 0. The largest absolute Gasteiger partial charge is 0.444 e. The molecule has 178 valence electrons. The average molecular weight is 463 g/mol. The lowest BCUT2D eigenvalue weighted by Gasteiger charge is -2.46. The Morgan fingerprint density at radius 2 is 1.91 bits per heavy atom. The Kier molecular flexibility index (Phi) is 6.18. The molecule has 2 unspecified atom stereocenters. The van der Waals surface area contributed by atoms with Gasteiger partial charge in [-0.25, -0.2) is 4.79 Å². The van der Waals surface area contributed by atoms with Crippen LogP contribution in [0.3, 0.4) is 0 Å². The smallest absolute Gasteiger partial charge is 0.416 e. The van der Waals surface area contributed by atoms with Crippen LogP contribution in [-0.2, 0) is 21.2 Å². The number of amides is 1. The Balaban J connectivity index is 1.55. The van der Waals surface area contributed by atoms with E-state index < -0.39 is 35.0 Å². The molecule has 2 aliphatic heterocycles. The Labute approximate surface area is 191 Å². The summed E-state index contributed by atoms with van der Waals surface area (Å²) in [5.74, 6) is 0. The van der Waals surface area contributed by atoms with Crippen LogP contribution in [-0.4, -0.2) is 30.9 Å². The minimum Gasteiger partial charge on any atom is -0.444 e. The highest BCUT2D eigenvalue weighted by Crippen LogP contribution is 2.39. The van der Waals surface area contributed by atoms with Crippen molar-refractivity contribution in [1.82, 2.24) is 10.6 Å². The van der Waals surface area contributed by atoms with Gasteiger partial charge in [-0.05, 0) is 56.9 Å². The number of rotatable bonds is 5. The van der Waals surface area contributed by atoms with Gasteiger partial charge in [-0.3, -0.25) is 0 Å². The SMILES string of the molecule is Cc1cc([C@@H](C)OC[C@@]2(c3ccccc3)CCC3(CN2)NC(=O)OC3C)cc(C(F)(F)F)c1. The number of hydrogen-bond acceptors (Lipinski definition) is 4. The third kappa shape index (κ3) is 4.73. The first-order chi connectivity index (χ1) is 15.5. The number of halogens is 3. The molecule has 0 aromatic heterocycles. The van der Waals surface area contributed by atoms with Gasteiger partial charge in [0.2, 0.25) is 0 Å². The molecule has 33 heavy (non-hydrogen) atoms. The molecule has 2 fully saturated rings. The zero-order valence-corrected chi connectivity index (χ0v) is 19.0. The normalized spacial score (nSPS) is 28.4. The lowest BCUT2D eigenvalue weighted by atomic mass is 9.75. The van der Waals surface area contributed by atoms with E-state index in [2.05, 4.69) is 10.6 Å². The van der Waals surface area contributed by atoms with Gasteiger partial charge in [-0.2, -0.15) is 13.2 Å². The number of cyclic esters (lactones) is 1. The standard InChI is InChI=1S/C25H29F3N2O3/c1-16-11-19(13-21(12-16)25(26,27)28)17(2)32-15-24(20-7-5-4-6-8-20)10-9-23(14-29-24)18(3)33-22(31)30-23/h4-8,11-13,17-18,29H,9-10,14-15H2,1-3H3,(H,30,31)/t17-,18?,23?,24-/m1/s1. The summed E-state index contributed by atoms with van der Waals surface area (Å²) in [6.07, 6.45) is -4.27. The van der Waals surface area contributed by atoms with E-state index in [0.29, 0.717) is 30.5 Å². The third-order valence-corrected chi connectivity index (χ3v) is 6.96. The number of ether oxygens (including phenoxy) is 2. The van der Waals surface area contributed by atoms with Crippen LogP contribution in [0.2, 0.25) is 0 Å². The number of carbonyl (C=O) groups is 1. The van der Waals surface area contributed by atoms with Crippen LogP contribution < -0.4 is 10.6 Å². The van der Waals surface area contributed by atoms with Gasteiger partial charge in [0.05, 0.1) is 29.4 Å². The van der Waals surface area contributed by atoms with Crippen LogP contribution in [0.25, 0.3) is 0 Å². The fraction of sp³-hybridized carbons (Fsp3) is 0.480. The van der Waals surface area contributed by atoms with Crippen molar-refractivity contribution in [2.45, 2.75) is 63.1 Å². The molecule has 1 spiro atoms. The van der Waals surface area contributed by atoms with Crippen molar-refractivity contribution in [3.63, 3.8) is 0 Å². The highest BCUT2D eigenvalue weighted by molar-refractivity contribution is 5.71. The molecule has 0 aliphatic carbocycles. The van der Waals surface area contributed by atoms with Crippen molar-refractivity contribution in [2.24, 2.45) is 0 Å². The number of carbonyl (C=O) groups excluding carboxylic acids is 1. The monoisotopic (exact) mass is 462 g/mol. The van der Waals surface area contributed by atoms with Crippen molar-refractivity contribution in [3.8, 4) is 0 Å². The van der Waals surface area contributed by atoms with E-state index in [1.807, 2.05) is 37.3 Å². The predicted octanol–water partition coefficient (Wildman–Crippen LogP) is 5.24. The number of benzene rings is 2. The molecule has 2 saturated heterocycles. The van der Waals surface area contributed by atoms with E-state index in [1.165, 1.54) is 0 Å². The van der Waals surface area contributed by atoms with E-state index in [9.17, 15) is 18.0 Å². The van der Waals surface area contributed by atoms with E-state index >= 15 is 0 Å². The molecule has 2 aromatic rings. The highest BCUT2D eigenvalue weighted by Gasteiger charge is 2.52. The van der Waals surface area contributed by atoms with Gasteiger partial charge in [0.25, 0.3) is 0 Å². The van der Waals surface area contributed by atoms with E-state index in [1.54, 1.807) is 19.9 Å². The molecule has 2 heterocycles. The number of hydrogen-bond donors (Lipinski definition) is 2. The van der Waals surface area contributed by atoms with Crippen molar-refractivity contribution in [2.75, 3.05) is 13.2 Å². The first kappa shape index (κ1) is 23.6. The molecular weight excluding hydrogens is 433 g/mol. The first-order valence-electron chi connectivity index (χ1n) is 11.1. The highest BCUT2D eigenvalue weighted by atomic mass is 19.4. The van der Waals surface area contributed by atoms with Crippen LogP contribution in [0.4, 0.5) is 18.0 Å². The maximum atomic E-state index is 13.3. The molecule has 0 radical (unpaired) electrons. The van der Waals surface area contributed by atoms with Gasteiger partial charge in [0, 0.05) is 6.54 Å². The number of alkyl carbamates (subject to hydrolysis) is 1. The molecule has 1 amide bonds. The number of nitrogens with one attached hydrogen (secondary N) is 2. The van der Waals surface area contributed by atoms with Crippen LogP contribution in [0.1, 0.15) is 55.0 Å². The second-order valence-corrected chi connectivity index (χ2v) is 9.21. The van der Waals surface area contributed by atoms with Crippen LogP contribution >= 0.6 is 0 Å². The molecular formula is C25H29F3N2O3.